The maximum Gasteiger partial charge on any atom is 0.256 e. The molecule has 2 heterocycles. The van der Waals surface area contributed by atoms with Gasteiger partial charge in [0, 0.05) is 26.1 Å². The van der Waals surface area contributed by atoms with Crippen molar-refractivity contribution < 1.29 is 9.18 Å². The lowest BCUT2D eigenvalue weighted by molar-refractivity contribution is 0.0761. The molecule has 0 bridgehead atoms. The van der Waals surface area contributed by atoms with Crippen molar-refractivity contribution in [3.63, 3.8) is 0 Å². The van der Waals surface area contributed by atoms with Gasteiger partial charge in [-0.3, -0.25) is 4.79 Å². The molecule has 1 aromatic heterocycles. The number of aromatic nitrogens is 2. The van der Waals surface area contributed by atoms with Crippen LogP contribution in [-0.4, -0.2) is 47.2 Å². The molecule has 0 spiro atoms. The largest absolute Gasteiger partial charge is 0.337 e. The highest BCUT2D eigenvalue weighted by molar-refractivity contribution is 5.94. The predicted molar refractivity (Wildman–Crippen MR) is 101 cm³/mol. The van der Waals surface area contributed by atoms with E-state index in [4.69, 9.17) is 0 Å². The fourth-order valence-electron chi connectivity index (χ4n) is 4.03. The van der Waals surface area contributed by atoms with Crippen molar-refractivity contribution in [1.82, 2.24) is 20.4 Å². The molecular weight excluding hydrogens is 343 g/mol. The summed E-state index contributed by atoms with van der Waals surface area (Å²) in [7, 11) is 0. The quantitative estimate of drug-likeness (QED) is 0.905. The number of carbonyl (C=O) groups is 1. The van der Waals surface area contributed by atoms with Crippen molar-refractivity contribution in [3.8, 4) is 0 Å². The van der Waals surface area contributed by atoms with Crippen molar-refractivity contribution >= 4 is 5.91 Å². The molecule has 4 rings (SSSR count). The predicted octanol–water partition coefficient (Wildman–Crippen LogP) is 2.52. The minimum absolute atomic E-state index is 0.159. The Bertz CT molecular complexity index is 831. The van der Waals surface area contributed by atoms with Crippen LogP contribution in [0.4, 0.5) is 4.39 Å². The lowest BCUT2D eigenvalue weighted by Gasteiger charge is -2.21. The van der Waals surface area contributed by atoms with Crippen LogP contribution in [0.1, 0.15) is 52.0 Å². The van der Waals surface area contributed by atoms with E-state index in [0.717, 1.165) is 43.6 Å². The highest BCUT2D eigenvalue weighted by Gasteiger charge is 2.21. The molecule has 6 heteroatoms. The van der Waals surface area contributed by atoms with Crippen molar-refractivity contribution in [2.45, 2.75) is 38.5 Å². The summed E-state index contributed by atoms with van der Waals surface area (Å²) in [5.74, 6) is -0.679. The van der Waals surface area contributed by atoms with Crippen LogP contribution in [0.3, 0.4) is 0 Å². The van der Waals surface area contributed by atoms with Crippen molar-refractivity contribution in [3.05, 3.63) is 58.2 Å². The third-order valence-electron chi connectivity index (χ3n) is 5.51. The lowest BCUT2D eigenvalue weighted by Crippen LogP contribution is -2.34. The number of rotatable bonds is 3. The molecule has 2 aliphatic rings. The monoisotopic (exact) mass is 368 g/mol. The number of nitrogens with zero attached hydrogens (tertiary/aromatic N) is 3. The zero-order valence-electron chi connectivity index (χ0n) is 15.5. The van der Waals surface area contributed by atoms with E-state index in [1.807, 2.05) is 6.20 Å². The molecule has 1 aromatic carbocycles. The zero-order chi connectivity index (χ0) is 18.6. The highest BCUT2D eigenvalue weighted by Crippen LogP contribution is 2.24. The van der Waals surface area contributed by atoms with Gasteiger partial charge in [-0.15, -0.1) is 0 Å². The number of nitrogens with one attached hydrogen (secondary N) is 1. The molecule has 1 amide bonds. The van der Waals surface area contributed by atoms with Crippen LogP contribution in [0.15, 0.2) is 24.4 Å². The molecule has 5 nitrogen and oxygen atoms in total. The van der Waals surface area contributed by atoms with Crippen LogP contribution >= 0.6 is 0 Å². The fourth-order valence-corrected chi connectivity index (χ4v) is 4.03. The Morgan fingerprint density at radius 3 is 2.96 bits per heavy atom. The summed E-state index contributed by atoms with van der Waals surface area (Å²) in [6.45, 7) is 2.91. The number of halogens is 1. The number of amides is 1. The van der Waals surface area contributed by atoms with Gasteiger partial charge in [-0.1, -0.05) is 6.07 Å². The summed E-state index contributed by atoms with van der Waals surface area (Å²) in [5.41, 5.74) is 4.58. The molecule has 2 aromatic rings. The number of fused-ring (bicyclic) bond motifs is 1. The van der Waals surface area contributed by atoms with E-state index >= 15 is 0 Å². The molecule has 27 heavy (non-hydrogen) atoms. The maximum atomic E-state index is 14.4. The zero-order valence-corrected chi connectivity index (χ0v) is 15.5. The topological polar surface area (TPSA) is 58.1 Å². The van der Waals surface area contributed by atoms with Crippen LogP contribution in [0.25, 0.3) is 0 Å². The van der Waals surface area contributed by atoms with Gasteiger partial charge in [-0.2, -0.15) is 10.2 Å². The minimum Gasteiger partial charge on any atom is -0.337 e. The minimum atomic E-state index is -0.456. The Balaban J connectivity index is 1.58. The normalized spacial score (nSPS) is 17.3. The summed E-state index contributed by atoms with van der Waals surface area (Å²) >= 11 is 0. The summed E-state index contributed by atoms with van der Waals surface area (Å²) < 4.78 is 14.4. The fraction of sp³-hybridized carbons (Fsp3) is 0.476. The Labute approximate surface area is 159 Å². The molecule has 0 atom stereocenters. The van der Waals surface area contributed by atoms with Crippen molar-refractivity contribution in [2.24, 2.45) is 0 Å². The average molecular weight is 368 g/mol. The number of aryl methyl sites for hydroxylation is 1. The van der Waals surface area contributed by atoms with E-state index in [0.29, 0.717) is 19.5 Å². The molecule has 1 N–H and O–H groups in total. The van der Waals surface area contributed by atoms with Gasteiger partial charge >= 0.3 is 0 Å². The van der Waals surface area contributed by atoms with Crippen LogP contribution in [0.2, 0.25) is 0 Å². The molecule has 0 saturated carbocycles. The summed E-state index contributed by atoms with van der Waals surface area (Å²) in [6.07, 6.45) is 7.77. The maximum absolute atomic E-state index is 14.4. The second kappa shape index (κ2) is 8.13. The van der Waals surface area contributed by atoms with E-state index in [2.05, 4.69) is 15.5 Å². The third-order valence-corrected chi connectivity index (χ3v) is 5.51. The van der Waals surface area contributed by atoms with Gasteiger partial charge < -0.3 is 10.2 Å². The Morgan fingerprint density at radius 1 is 1.15 bits per heavy atom. The standard InChI is InChI=1S/C21H25FN4O/c22-19-7-6-15(12-18(19)21(27)26-10-3-8-23-9-11-26)13-20-17-5-2-1-4-16(17)14-24-25-20/h6-7,12,14,23H,1-5,8-11,13H2. The van der Waals surface area contributed by atoms with Gasteiger partial charge in [0.2, 0.25) is 0 Å². The molecule has 1 aliphatic carbocycles. The molecule has 1 saturated heterocycles. The summed E-state index contributed by atoms with van der Waals surface area (Å²) in [4.78, 5) is 14.6. The van der Waals surface area contributed by atoms with Gasteiger partial charge in [0.15, 0.2) is 0 Å². The van der Waals surface area contributed by atoms with Crippen LogP contribution in [0.5, 0.6) is 0 Å². The first-order valence-corrected chi connectivity index (χ1v) is 9.83. The first-order valence-electron chi connectivity index (χ1n) is 9.83. The average Bonchev–Trinajstić information content (AvgIpc) is 2.99. The highest BCUT2D eigenvalue weighted by atomic mass is 19.1. The molecule has 1 aliphatic heterocycles. The Morgan fingerprint density at radius 2 is 2.04 bits per heavy atom. The lowest BCUT2D eigenvalue weighted by atomic mass is 9.90. The first-order chi connectivity index (χ1) is 13.2. The number of hydrogen-bond donors (Lipinski definition) is 1. The van der Waals surface area contributed by atoms with Gasteiger partial charge in [0.25, 0.3) is 5.91 Å². The second-order valence-corrected chi connectivity index (χ2v) is 7.39. The first kappa shape index (κ1) is 18.0. The van der Waals surface area contributed by atoms with E-state index in [9.17, 15) is 9.18 Å². The molecular formula is C21H25FN4O. The summed E-state index contributed by atoms with van der Waals surface area (Å²) in [6, 6.07) is 4.85. The number of hydrogen-bond acceptors (Lipinski definition) is 4. The van der Waals surface area contributed by atoms with E-state index in [-0.39, 0.29) is 11.5 Å². The Hall–Kier alpha value is -2.34. The van der Waals surface area contributed by atoms with E-state index in [1.165, 1.54) is 30.0 Å². The molecule has 142 valence electrons. The van der Waals surface area contributed by atoms with Crippen LogP contribution in [0, 0.1) is 5.82 Å². The van der Waals surface area contributed by atoms with Crippen LogP contribution < -0.4 is 5.32 Å². The SMILES string of the molecule is O=C(c1cc(Cc2nncc3c2CCCC3)ccc1F)N1CCCNCC1. The molecule has 0 radical (unpaired) electrons. The molecule has 0 unspecified atom stereocenters. The van der Waals surface area contributed by atoms with E-state index in [1.54, 1.807) is 17.0 Å². The molecule has 1 fully saturated rings. The third kappa shape index (κ3) is 4.00. The number of carbonyl (C=O) groups excluding carboxylic acids is 1. The summed E-state index contributed by atoms with van der Waals surface area (Å²) in [5, 5.41) is 11.8. The van der Waals surface area contributed by atoms with Crippen molar-refractivity contribution in [1.29, 1.82) is 0 Å². The van der Waals surface area contributed by atoms with Gasteiger partial charge in [-0.05, 0) is 67.5 Å². The smallest absolute Gasteiger partial charge is 0.256 e. The van der Waals surface area contributed by atoms with Crippen LogP contribution in [-0.2, 0) is 19.3 Å². The van der Waals surface area contributed by atoms with Gasteiger partial charge in [0.05, 0.1) is 17.5 Å². The van der Waals surface area contributed by atoms with Gasteiger partial charge in [-0.25, -0.2) is 4.39 Å². The van der Waals surface area contributed by atoms with Gasteiger partial charge in [0.1, 0.15) is 5.82 Å². The Kier molecular flexibility index (Phi) is 5.43. The number of benzene rings is 1. The van der Waals surface area contributed by atoms with E-state index < -0.39 is 5.82 Å². The van der Waals surface area contributed by atoms with Crippen molar-refractivity contribution in [2.75, 3.05) is 26.2 Å². The second-order valence-electron chi connectivity index (χ2n) is 7.39.